The number of nitrogens with one attached hydrogen (secondary N) is 1. The summed E-state index contributed by atoms with van der Waals surface area (Å²) in [6.07, 6.45) is 0.0675. The van der Waals surface area contributed by atoms with Crippen molar-refractivity contribution in [1.82, 2.24) is 5.32 Å². The topological polar surface area (TPSA) is 72.5 Å². The van der Waals surface area contributed by atoms with E-state index in [1.165, 1.54) is 7.11 Å². The lowest BCUT2D eigenvalue weighted by atomic mass is 10.3. The summed E-state index contributed by atoms with van der Waals surface area (Å²) < 4.78 is 16.1. The SMILES string of the molecule is COC(=O)CC(C)S(=O)CC(=O)NC(C)C. The maximum Gasteiger partial charge on any atom is 0.306 e. The zero-order valence-electron chi connectivity index (χ0n) is 10.1. The van der Waals surface area contributed by atoms with Crippen molar-refractivity contribution in [1.29, 1.82) is 0 Å². The molecule has 0 radical (unpaired) electrons. The summed E-state index contributed by atoms with van der Waals surface area (Å²) in [5.41, 5.74) is 0. The number of hydrogen-bond donors (Lipinski definition) is 1. The average Bonchev–Trinajstić information content (AvgIpc) is 2.15. The molecule has 16 heavy (non-hydrogen) atoms. The van der Waals surface area contributed by atoms with Gasteiger partial charge >= 0.3 is 5.97 Å². The van der Waals surface area contributed by atoms with Gasteiger partial charge in [-0.2, -0.15) is 0 Å². The molecular weight excluding hydrogens is 230 g/mol. The van der Waals surface area contributed by atoms with Crippen LogP contribution in [-0.2, 0) is 25.1 Å². The van der Waals surface area contributed by atoms with Gasteiger partial charge in [0.2, 0.25) is 5.91 Å². The summed E-state index contributed by atoms with van der Waals surface area (Å²) in [6.45, 7) is 5.33. The molecule has 0 aromatic rings. The minimum Gasteiger partial charge on any atom is -0.469 e. The van der Waals surface area contributed by atoms with Gasteiger partial charge in [-0.3, -0.25) is 13.8 Å². The number of amides is 1. The number of methoxy groups -OCH3 is 1. The molecule has 2 atom stereocenters. The van der Waals surface area contributed by atoms with Gasteiger partial charge in [0, 0.05) is 22.1 Å². The normalized spacial score (nSPS) is 14.3. The number of esters is 1. The third-order valence-corrected chi connectivity index (χ3v) is 3.46. The van der Waals surface area contributed by atoms with Crippen molar-refractivity contribution >= 4 is 22.7 Å². The Kier molecular flexibility index (Phi) is 6.96. The van der Waals surface area contributed by atoms with Crippen molar-refractivity contribution in [2.24, 2.45) is 0 Å². The van der Waals surface area contributed by atoms with Crippen molar-refractivity contribution < 1.29 is 18.5 Å². The Morgan fingerprint density at radius 2 is 1.88 bits per heavy atom. The van der Waals surface area contributed by atoms with Gasteiger partial charge in [0.05, 0.1) is 13.5 Å². The van der Waals surface area contributed by atoms with Crippen molar-refractivity contribution in [3.05, 3.63) is 0 Å². The van der Waals surface area contributed by atoms with Crippen LogP contribution >= 0.6 is 0 Å². The molecule has 0 aromatic carbocycles. The Bertz CT molecular complexity index is 278. The van der Waals surface area contributed by atoms with Gasteiger partial charge in [-0.05, 0) is 13.8 Å². The van der Waals surface area contributed by atoms with E-state index >= 15 is 0 Å². The molecule has 0 bridgehead atoms. The van der Waals surface area contributed by atoms with E-state index in [-0.39, 0.29) is 29.4 Å². The van der Waals surface area contributed by atoms with Crippen molar-refractivity contribution in [3.63, 3.8) is 0 Å². The molecule has 6 heteroatoms. The highest BCUT2D eigenvalue weighted by atomic mass is 32.2. The van der Waals surface area contributed by atoms with E-state index in [1.807, 2.05) is 13.8 Å². The molecule has 1 amide bonds. The smallest absolute Gasteiger partial charge is 0.306 e. The number of carbonyl (C=O) groups is 2. The summed E-state index contributed by atoms with van der Waals surface area (Å²) in [5.74, 6) is -0.744. The molecular formula is C10H19NO4S. The lowest BCUT2D eigenvalue weighted by Gasteiger charge is -2.11. The van der Waals surface area contributed by atoms with Gasteiger partial charge in [0.25, 0.3) is 0 Å². The molecule has 0 saturated carbocycles. The van der Waals surface area contributed by atoms with Gasteiger partial charge in [-0.25, -0.2) is 0 Å². The van der Waals surface area contributed by atoms with Crippen LogP contribution in [0.4, 0.5) is 0 Å². The van der Waals surface area contributed by atoms with E-state index in [0.29, 0.717) is 0 Å². The molecule has 94 valence electrons. The maximum absolute atomic E-state index is 11.6. The van der Waals surface area contributed by atoms with Crippen LogP contribution in [0.25, 0.3) is 0 Å². The monoisotopic (exact) mass is 249 g/mol. The third kappa shape index (κ3) is 6.55. The Morgan fingerprint density at radius 3 is 2.31 bits per heavy atom. The zero-order valence-corrected chi connectivity index (χ0v) is 10.9. The van der Waals surface area contributed by atoms with Gasteiger partial charge in [0.1, 0.15) is 5.75 Å². The van der Waals surface area contributed by atoms with Crippen LogP contribution in [0.1, 0.15) is 27.2 Å². The van der Waals surface area contributed by atoms with E-state index in [1.54, 1.807) is 6.92 Å². The average molecular weight is 249 g/mol. The summed E-state index contributed by atoms with van der Waals surface area (Å²) in [6, 6.07) is 0.0282. The van der Waals surface area contributed by atoms with Gasteiger partial charge in [0.15, 0.2) is 0 Å². The highest BCUT2D eigenvalue weighted by molar-refractivity contribution is 7.86. The molecule has 0 saturated heterocycles. The van der Waals surface area contributed by atoms with Gasteiger partial charge in [-0.1, -0.05) is 6.92 Å². The standard InChI is InChI=1S/C10H19NO4S/c1-7(2)11-9(12)6-16(14)8(3)5-10(13)15-4/h7-8H,5-6H2,1-4H3,(H,11,12). The predicted octanol–water partition coefficient (Wildman–Crippen LogP) is 0.211. The van der Waals surface area contributed by atoms with Crippen LogP contribution < -0.4 is 5.32 Å². The molecule has 5 nitrogen and oxygen atoms in total. The molecule has 0 aromatic heterocycles. The molecule has 0 spiro atoms. The summed E-state index contributed by atoms with van der Waals surface area (Å²) in [5, 5.41) is 2.28. The van der Waals surface area contributed by atoms with Crippen molar-refractivity contribution in [3.8, 4) is 0 Å². The van der Waals surface area contributed by atoms with Crippen LogP contribution in [0, 0.1) is 0 Å². The largest absolute Gasteiger partial charge is 0.469 e. The van der Waals surface area contributed by atoms with Crippen LogP contribution in [0.2, 0.25) is 0 Å². The highest BCUT2D eigenvalue weighted by Gasteiger charge is 2.18. The van der Waals surface area contributed by atoms with Crippen LogP contribution in [0.3, 0.4) is 0 Å². The number of hydrogen-bond acceptors (Lipinski definition) is 4. The van der Waals surface area contributed by atoms with Crippen LogP contribution in [0.15, 0.2) is 0 Å². The second-order valence-corrected chi connectivity index (χ2v) is 5.69. The zero-order chi connectivity index (χ0) is 12.7. The Labute approximate surface area is 98.4 Å². The Balaban J connectivity index is 4.05. The van der Waals surface area contributed by atoms with Crippen molar-refractivity contribution in [2.75, 3.05) is 12.9 Å². The summed E-state index contributed by atoms with van der Waals surface area (Å²) in [4.78, 5) is 22.2. The highest BCUT2D eigenvalue weighted by Crippen LogP contribution is 2.03. The number of carbonyl (C=O) groups excluding carboxylic acids is 2. The van der Waals surface area contributed by atoms with Gasteiger partial charge in [-0.15, -0.1) is 0 Å². The molecule has 0 aliphatic carbocycles. The fraction of sp³-hybridized carbons (Fsp3) is 0.800. The summed E-state index contributed by atoms with van der Waals surface area (Å²) in [7, 11) is -0.0651. The molecule has 1 N–H and O–H groups in total. The van der Waals surface area contributed by atoms with Crippen LogP contribution in [0.5, 0.6) is 0 Å². The third-order valence-electron chi connectivity index (χ3n) is 1.85. The fourth-order valence-corrected chi connectivity index (χ4v) is 1.99. The van der Waals surface area contributed by atoms with Crippen molar-refractivity contribution in [2.45, 2.75) is 38.5 Å². The van der Waals surface area contributed by atoms with E-state index in [2.05, 4.69) is 10.1 Å². The lowest BCUT2D eigenvalue weighted by Crippen LogP contribution is -2.35. The minimum atomic E-state index is -1.35. The Morgan fingerprint density at radius 1 is 1.31 bits per heavy atom. The quantitative estimate of drug-likeness (QED) is 0.683. The summed E-state index contributed by atoms with van der Waals surface area (Å²) >= 11 is 0. The van der Waals surface area contributed by atoms with E-state index in [9.17, 15) is 13.8 Å². The van der Waals surface area contributed by atoms with E-state index < -0.39 is 16.8 Å². The minimum absolute atomic E-state index is 0.0282. The molecule has 0 aliphatic rings. The van der Waals surface area contributed by atoms with Crippen LogP contribution in [-0.4, -0.2) is 40.2 Å². The molecule has 2 unspecified atom stereocenters. The second kappa shape index (κ2) is 7.38. The molecule has 0 rings (SSSR count). The Hall–Kier alpha value is -0.910. The molecule has 0 fully saturated rings. The predicted molar refractivity (Wildman–Crippen MR) is 62.4 cm³/mol. The first kappa shape index (κ1) is 15.1. The van der Waals surface area contributed by atoms with Gasteiger partial charge < -0.3 is 10.1 Å². The number of ether oxygens (including phenoxy) is 1. The molecule has 0 heterocycles. The number of rotatable bonds is 6. The molecule has 0 aliphatic heterocycles. The first-order chi connectivity index (χ1) is 7.36. The fourth-order valence-electron chi connectivity index (χ4n) is 1.05. The maximum atomic E-state index is 11.6. The lowest BCUT2D eigenvalue weighted by molar-refractivity contribution is -0.140. The first-order valence-corrected chi connectivity index (χ1v) is 6.48. The second-order valence-electron chi connectivity index (χ2n) is 3.84. The first-order valence-electron chi connectivity index (χ1n) is 5.10. The van der Waals surface area contributed by atoms with E-state index in [0.717, 1.165) is 0 Å². The van der Waals surface area contributed by atoms with E-state index in [4.69, 9.17) is 0 Å².